The second-order valence-electron chi connectivity index (χ2n) is 5.87. The highest BCUT2D eigenvalue weighted by Gasteiger charge is 2.11. The van der Waals surface area contributed by atoms with E-state index < -0.39 is 0 Å². The Morgan fingerprint density at radius 3 is 2.41 bits per heavy atom. The van der Waals surface area contributed by atoms with E-state index in [1.807, 2.05) is 29.6 Å². The first-order chi connectivity index (χ1) is 14.1. The van der Waals surface area contributed by atoms with Crippen LogP contribution in [0.4, 0.5) is 0 Å². The Labute approximate surface area is 177 Å². The van der Waals surface area contributed by atoms with Gasteiger partial charge >= 0.3 is 0 Å². The number of hydrogen-bond acceptors (Lipinski definition) is 6. The van der Waals surface area contributed by atoms with Crippen LogP contribution >= 0.6 is 22.9 Å². The van der Waals surface area contributed by atoms with Crippen molar-refractivity contribution in [1.82, 2.24) is 4.68 Å². The molecule has 0 amide bonds. The number of aromatic nitrogens is 1. The SMILES string of the molecule is C=CCN=c1scc(-c2ccc(Cl)cc2)n1N=Cc1cc(OC)c(O)c(OC)c1. The summed E-state index contributed by atoms with van der Waals surface area (Å²) in [6.07, 6.45) is 3.38. The van der Waals surface area contributed by atoms with Crippen molar-refractivity contribution in [2.24, 2.45) is 10.1 Å². The Morgan fingerprint density at radius 1 is 1.17 bits per heavy atom. The molecular formula is C21H20ClN3O3S. The van der Waals surface area contributed by atoms with E-state index in [0.29, 0.717) is 28.6 Å². The molecule has 0 radical (unpaired) electrons. The summed E-state index contributed by atoms with van der Waals surface area (Å²) < 4.78 is 12.2. The van der Waals surface area contributed by atoms with Crippen molar-refractivity contribution in [2.45, 2.75) is 0 Å². The van der Waals surface area contributed by atoms with Crippen LogP contribution in [0.5, 0.6) is 17.2 Å². The van der Waals surface area contributed by atoms with Gasteiger partial charge < -0.3 is 14.6 Å². The quantitative estimate of drug-likeness (QED) is 0.442. The first-order valence-corrected chi connectivity index (χ1v) is 9.90. The van der Waals surface area contributed by atoms with Crippen LogP contribution in [0.25, 0.3) is 11.3 Å². The molecule has 0 spiro atoms. The minimum absolute atomic E-state index is 0.0566. The van der Waals surface area contributed by atoms with Gasteiger partial charge in [-0.2, -0.15) is 5.10 Å². The number of thiazole rings is 1. The van der Waals surface area contributed by atoms with Gasteiger partial charge in [0.15, 0.2) is 11.5 Å². The van der Waals surface area contributed by atoms with Gasteiger partial charge in [-0.1, -0.05) is 29.8 Å². The Morgan fingerprint density at radius 2 is 1.83 bits per heavy atom. The molecular weight excluding hydrogens is 410 g/mol. The van der Waals surface area contributed by atoms with Crippen LogP contribution < -0.4 is 14.3 Å². The van der Waals surface area contributed by atoms with E-state index in [1.54, 1.807) is 29.1 Å². The second kappa shape index (κ2) is 9.45. The molecule has 1 heterocycles. The fourth-order valence-corrected chi connectivity index (χ4v) is 3.57. The summed E-state index contributed by atoms with van der Waals surface area (Å²) in [4.78, 5) is 5.24. The van der Waals surface area contributed by atoms with Crippen molar-refractivity contribution >= 4 is 29.2 Å². The van der Waals surface area contributed by atoms with E-state index in [0.717, 1.165) is 16.1 Å². The molecule has 0 unspecified atom stereocenters. The van der Waals surface area contributed by atoms with Gasteiger partial charge in [0.1, 0.15) is 0 Å². The molecule has 0 aliphatic heterocycles. The Kier molecular flexibility index (Phi) is 6.74. The summed E-state index contributed by atoms with van der Waals surface area (Å²) in [5, 5.41) is 17.4. The highest BCUT2D eigenvalue weighted by atomic mass is 35.5. The predicted octanol–water partition coefficient (Wildman–Crippen LogP) is 4.56. The number of rotatable bonds is 7. The van der Waals surface area contributed by atoms with Gasteiger partial charge in [0.2, 0.25) is 10.6 Å². The molecule has 6 nitrogen and oxygen atoms in total. The number of aromatic hydroxyl groups is 1. The summed E-state index contributed by atoms with van der Waals surface area (Å²) >= 11 is 7.50. The number of methoxy groups -OCH3 is 2. The van der Waals surface area contributed by atoms with Crippen LogP contribution in [0.3, 0.4) is 0 Å². The fourth-order valence-electron chi connectivity index (χ4n) is 2.59. The highest BCUT2D eigenvalue weighted by Crippen LogP contribution is 2.36. The summed E-state index contributed by atoms with van der Waals surface area (Å²) in [6, 6.07) is 10.9. The zero-order valence-corrected chi connectivity index (χ0v) is 17.6. The number of benzene rings is 2. The van der Waals surface area contributed by atoms with E-state index in [4.69, 9.17) is 21.1 Å². The molecule has 29 heavy (non-hydrogen) atoms. The molecule has 0 bridgehead atoms. The van der Waals surface area contributed by atoms with E-state index in [9.17, 15) is 5.11 Å². The minimum atomic E-state index is -0.0566. The molecule has 0 atom stereocenters. The molecule has 1 aromatic heterocycles. The topological polar surface area (TPSA) is 68.3 Å². The monoisotopic (exact) mass is 429 g/mol. The molecule has 1 N–H and O–H groups in total. The van der Waals surface area contributed by atoms with Crippen molar-refractivity contribution in [1.29, 1.82) is 0 Å². The summed E-state index contributed by atoms with van der Waals surface area (Å²) in [5.74, 6) is 0.546. The van der Waals surface area contributed by atoms with E-state index in [-0.39, 0.29) is 5.75 Å². The lowest BCUT2D eigenvalue weighted by molar-refractivity contribution is 0.340. The molecule has 0 saturated heterocycles. The zero-order chi connectivity index (χ0) is 20.8. The van der Waals surface area contributed by atoms with Crippen LogP contribution in [-0.2, 0) is 0 Å². The molecule has 150 valence electrons. The van der Waals surface area contributed by atoms with E-state index in [1.165, 1.54) is 25.6 Å². The molecule has 3 aromatic rings. The lowest BCUT2D eigenvalue weighted by Gasteiger charge is -2.09. The second-order valence-corrected chi connectivity index (χ2v) is 7.14. The first kappa shape index (κ1) is 20.7. The smallest absolute Gasteiger partial charge is 0.206 e. The molecule has 0 aliphatic rings. The van der Waals surface area contributed by atoms with Crippen LogP contribution in [0.15, 0.2) is 64.5 Å². The number of phenols is 1. The molecule has 8 heteroatoms. The number of hydrogen-bond donors (Lipinski definition) is 1. The molecule has 3 rings (SSSR count). The van der Waals surface area contributed by atoms with Gasteiger partial charge in [-0.3, -0.25) is 4.99 Å². The maximum absolute atomic E-state index is 10.1. The normalized spacial score (nSPS) is 11.8. The number of ether oxygens (including phenoxy) is 2. The van der Waals surface area contributed by atoms with Crippen molar-refractivity contribution < 1.29 is 14.6 Å². The molecule has 0 aliphatic carbocycles. The van der Waals surface area contributed by atoms with E-state index >= 15 is 0 Å². The summed E-state index contributed by atoms with van der Waals surface area (Å²) in [6.45, 7) is 4.20. The lowest BCUT2D eigenvalue weighted by atomic mass is 10.2. The van der Waals surface area contributed by atoms with Gasteiger partial charge in [-0.05, 0) is 24.3 Å². The number of nitrogens with zero attached hydrogens (tertiary/aromatic N) is 3. The molecule has 0 fully saturated rings. The summed E-state index contributed by atoms with van der Waals surface area (Å²) in [5.41, 5.74) is 2.54. The van der Waals surface area contributed by atoms with Crippen molar-refractivity contribution in [3.05, 3.63) is 69.8 Å². The van der Waals surface area contributed by atoms with Gasteiger partial charge in [0, 0.05) is 21.5 Å². The third-order valence-corrected chi connectivity index (χ3v) is 5.11. The third-order valence-electron chi connectivity index (χ3n) is 4.01. The highest BCUT2D eigenvalue weighted by molar-refractivity contribution is 7.07. The zero-order valence-electron chi connectivity index (χ0n) is 16.0. The number of halogens is 1. The third kappa shape index (κ3) is 4.70. The van der Waals surface area contributed by atoms with Crippen LogP contribution in [0, 0.1) is 0 Å². The largest absolute Gasteiger partial charge is 0.502 e. The summed E-state index contributed by atoms with van der Waals surface area (Å²) in [7, 11) is 2.96. The fraction of sp³-hybridized carbons (Fsp3) is 0.143. The van der Waals surface area contributed by atoms with Crippen LogP contribution in [0.2, 0.25) is 5.02 Å². The maximum atomic E-state index is 10.1. The van der Waals surface area contributed by atoms with Crippen molar-refractivity contribution in [2.75, 3.05) is 20.8 Å². The van der Waals surface area contributed by atoms with Crippen LogP contribution in [0.1, 0.15) is 5.56 Å². The Bertz CT molecular complexity index is 1080. The first-order valence-electron chi connectivity index (χ1n) is 8.64. The van der Waals surface area contributed by atoms with Crippen molar-refractivity contribution in [3.8, 4) is 28.5 Å². The standard InChI is InChI=1S/C21H20ClN3O3S/c1-4-9-23-21-25(17(13-29-21)15-5-7-16(22)8-6-15)24-12-14-10-18(27-2)20(26)19(11-14)28-3/h4-8,10-13,26H,1,9H2,2-3H3. The van der Waals surface area contributed by atoms with E-state index in [2.05, 4.69) is 16.7 Å². The Hall–Kier alpha value is -3.03. The molecule has 2 aromatic carbocycles. The van der Waals surface area contributed by atoms with Gasteiger partial charge in [-0.25, -0.2) is 4.68 Å². The van der Waals surface area contributed by atoms with Crippen molar-refractivity contribution in [3.63, 3.8) is 0 Å². The average Bonchev–Trinajstić information content (AvgIpc) is 3.14. The minimum Gasteiger partial charge on any atom is -0.502 e. The average molecular weight is 430 g/mol. The van der Waals surface area contributed by atoms with Gasteiger partial charge in [-0.15, -0.1) is 17.9 Å². The van der Waals surface area contributed by atoms with Crippen LogP contribution in [-0.4, -0.2) is 36.8 Å². The number of phenolic OH excluding ortho intramolecular Hbond substituents is 1. The van der Waals surface area contributed by atoms with Gasteiger partial charge in [0.05, 0.1) is 32.7 Å². The van der Waals surface area contributed by atoms with Gasteiger partial charge in [0.25, 0.3) is 0 Å². The molecule has 0 saturated carbocycles. The Balaban J connectivity index is 2.09. The predicted molar refractivity (Wildman–Crippen MR) is 118 cm³/mol. The maximum Gasteiger partial charge on any atom is 0.206 e. The lowest BCUT2D eigenvalue weighted by Crippen LogP contribution is -2.12.